The van der Waals surface area contributed by atoms with E-state index >= 15 is 0 Å². The van der Waals surface area contributed by atoms with Crippen LogP contribution in [0.4, 0.5) is 11.5 Å². The SMILES string of the molecule is Cc1ccc(N)c(NC[C@@H]2CCO2)n1. The lowest BCUT2D eigenvalue weighted by atomic mass is 10.2. The van der Waals surface area contributed by atoms with E-state index in [0.29, 0.717) is 11.8 Å². The lowest BCUT2D eigenvalue weighted by Gasteiger charge is -2.26. The number of nitrogen functional groups attached to an aromatic ring is 1. The van der Waals surface area contributed by atoms with Gasteiger partial charge < -0.3 is 15.8 Å². The summed E-state index contributed by atoms with van der Waals surface area (Å²) >= 11 is 0. The minimum atomic E-state index is 0.330. The molecule has 76 valence electrons. The van der Waals surface area contributed by atoms with E-state index in [2.05, 4.69) is 10.3 Å². The molecule has 1 atom stereocenters. The summed E-state index contributed by atoms with van der Waals surface area (Å²) < 4.78 is 5.29. The van der Waals surface area contributed by atoms with Crippen molar-refractivity contribution in [1.82, 2.24) is 4.98 Å². The third-order valence-corrected chi connectivity index (χ3v) is 2.36. The van der Waals surface area contributed by atoms with Crippen molar-refractivity contribution in [2.75, 3.05) is 24.2 Å². The van der Waals surface area contributed by atoms with Gasteiger partial charge in [-0.25, -0.2) is 4.98 Å². The van der Waals surface area contributed by atoms with Gasteiger partial charge in [-0.15, -0.1) is 0 Å². The number of ether oxygens (including phenoxy) is 1. The number of hydrogen-bond donors (Lipinski definition) is 2. The molecular formula is C10H15N3O. The molecule has 14 heavy (non-hydrogen) atoms. The van der Waals surface area contributed by atoms with Crippen LogP contribution in [0.2, 0.25) is 0 Å². The first-order valence-corrected chi connectivity index (χ1v) is 4.84. The largest absolute Gasteiger partial charge is 0.396 e. The van der Waals surface area contributed by atoms with E-state index in [4.69, 9.17) is 10.5 Å². The van der Waals surface area contributed by atoms with E-state index in [-0.39, 0.29) is 0 Å². The molecule has 2 rings (SSSR count). The summed E-state index contributed by atoms with van der Waals surface area (Å²) in [5, 5.41) is 3.19. The number of nitrogens with two attached hydrogens (primary N) is 1. The summed E-state index contributed by atoms with van der Waals surface area (Å²) in [6, 6.07) is 3.77. The second kappa shape index (κ2) is 3.84. The summed E-state index contributed by atoms with van der Waals surface area (Å²) in [6.45, 7) is 3.62. The highest BCUT2D eigenvalue weighted by atomic mass is 16.5. The van der Waals surface area contributed by atoms with Crippen LogP contribution in [0.3, 0.4) is 0 Å². The van der Waals surface area contributed by atoms with Crippen LogP contribution in [0.15, 0.2) is 12.1 Å². The van der Waals surface area contributed by atoms with Gasteiger partial charge in [-0.3, -0.25) is 0 Å². The molecule has 4 nitrogen and oxygen atoms in total. The van der Waals surface area contributed by atoms with Gasteiger partial charge in [-0.1, -0.05) is 0 Å². The Morgan fingerprint density at radius 3 is 3.07 bits per heavy atom. The van der Waals surface area contributed by atoms with Gasteiger partial charge in [0.1, 0.15) is 5.82 Å². The normalized spacial score (nSPS) is 20.2. The third kappa shape index (κ3) is 1.96. The molecule has 0 spiro atoms. The van der Waals surface area contributed by atoms with Crippen molar-refractivity contribution in [1.29, 1.82) is 0 Å². The Morgan fingerprint density at radius 2 is 2.43 bits per heavy atom. The molecule has 0 bridgehead atoms. The molecule has 1 aliphatic heterocycles. The van der Waals surface area contributed by atoms with Gasteiger partial charge in [0.15, 0.2) is 0 Å². The van der Waals surface area contributed by atoms with E-state index in [0.717, 1.165) is 31.1 Å². The summed E-state index contributed by atoms with van der Waals surface area (Å²) in [5.41, 5.74) is 7.43. The molecular weight excluding hydrogens is 178 g/mol. The van der Waals surface area contributed by atoms with Gasteiger partial charge in [0.25, 0.3) is 0 Å². The fraction of sp³-hybridized carbons (Fsp3) is 0.500. The fourth-order valence-corrected chi connectivity index (χ4v) is 1.37. The van der Waals surface area contributed by atoms with Crippen LogP contribution < -0.4 is 11.1 Å². The first kappa shape index (κ1) is 9.27. The number of anilines is 2. The Morgan fingerprint density at radius 1 is 1.64 bits per heavy atom. The molecule has 1 saturated heterocycles. The van der Waals surface area contributed by atoms with E-state index in [9.17, 15) is 0 Å². The summed E-state index contributed by atoms with van der Waals surface area (Å²) in [4.78, 5) is 4.31. The molecule has 1 aromatic rings. The molecule has 0 radical (unpaired) electrons. The van der Waals surface area contributed by atoms with Gasteiger partial charge in [-0.2, -0.15) is 0 Å². The molecule has 4 heteroatoms. The average Bonchev–Trinajstić information content (AvgIpc) is 2.08. The number of rotatable bonds is 3. The zero-order valence-electron chi connectivity index (χ0n) is 8.29. The summed E-state index contributed by atoms with van der Waals surface area (Å²) in [7, 11) is 0. The van der Waals surface area contributed by atoms with Crippen molar-refractivity contribution in [3.63, 3.8) is 0 Å². The number of aryl methyl sites for hydroxylation is 1. The topological polar surface area (TPSA) is 60.2 Å². The first-order valence-electron chi connectivity index (χ1n) is 4.84. The molecule has 0 saturated carbocycles. The van der Waals surface area contributed by atoms with Crippen LogP contribution in [0.1, 0.15) is 12.1 Å². The average molecular weight is 193 g/mol. The zero-order valence-corrected chi connectivity index (χ0v) is 8.29. The first-order chi connectivity index (χ1) is 6.75. The minimum Gasteiger partial charge on any atom is -0.396 e. The molecule has 0 unspecified atom stereocenters. The fourth-order valence-electron chi connectivity index (χ4n) is 1.37. The maximum Gasteiger partial charge on any atom is 0.149 e. The van der Waals surface area contributed by atoms with Crippen LogP contribution in [0.25, 0.3) is 0 Å². The Balaban J connectivity index is 1.96. The van der Waals surface area contributed by atoms with Crippen molar-refractivity contribution in [3.8, 4) is 0 Å². The lowest BCUT2D eigenvalue weighted by Crippen LogP contribution is -2.33. The van der Waals surface area contributed by atoms with E-state index in [1.165, 1.54) is 0 Å². The van der Waals surface area contributed by atoms with E-state index in [1.807, 2.05) is 19.1 Å². The monoisotopic (exact) mass is 193 g/mol. The quantitative estimate of drug-likeness (QED) is 0.756. The lowest BCUT2D eigenvalue weighted by molar-refractivity contribution is -0.0410. The second-order valence-corrected chi connectivity index (χ2v) is 3.55. The van der Waals surface area contributed by atoms with Gasteiger partial charge in [-0.05, 0) is 25.5 Å². The molecule has 2 heterocycles. The Bertz CT molecular complexity index is 323. The number of aromatic nitrogens is 1. The van der Waals surface area contributed by atoms with Crippen LogP contribution >= 0.6 is 0 Å². The molecule has 1 fully saturated rings. The van der Waals surface area contributed by atoms with Crippen molar-refractivity contribution in [2.24, 2.45) is 0 Å². The Labute approximate surface area is 83.5 Å². The summed E-state index contributed by atoms with van der Waals surface area (Å²) in [5.74, 6) is 0.764. The molecule has 3 N–H and O–H groups in total. The highest BCUT2D eigenvalue weighted by molar-refractivity contribution is 5.61. The highest BCUT2D eigenvalue weighted by Crippen LogP contribution is 2.17. The zero-order chi connectivity index (χ0) is 9.97. The number of hydrogen-bond acceptors (Lipinski definition) is 4. The maximum absolute atomic E-state index is 5.77. The molecule has 1 aromatic heterocycles. The summed E-state index contributed by atoms with van der Waals surface area (Å²) in [6.07, 6.45) is 1.45. The number of nitrogens with zero attached hydrogens (tertiary/aromatic N) is 1. The number of pyridine rings is 1. The molecule has 1 aliphatic rings. The van der Waals surface area contributed by atoms with Crippen molar-refractivity contribution in [2.45, 2.75) is 19.4 Å². The minimum absolute atomic E-state index is 0.330. The third-order valence-electron chi connectivity index (χ3n) is 2.36. The smallest absolute Gasteiger partial charge is 0.149 e. The molecule has 0 amide bonds. The van der Waals surface area contributed by atoms with E-state index in [1.54, 1.807) is 0 Å². The van der Waals surface area contributed by atoms with Crippen molar-refractivity contribution in [3.05, 3.63) is 17.8 Å². The van der Waals surface area contributed by atoms with Crippen molar-refractivity contribution < 1.29 is 4.74 Å². The Kier molecular flexibility index (Phi) is 2.54. The predicted octanol–water partition coefficient (Wildman–Crippen LogP) is 1.17. The van der Waals surface area contributed by atoms with Gasteiger partial charge >= 0.3 is 0 Å². The van der Waals surface area contributed by atoms with Gasteiger partial charge in [0.2, 0.25) is 0 Å². The predicted molar refractivity (Wildman–Crippen MR) is 56.2 cm³/mol. The number of nitrogens with one attached hydrogen (secondary N) is 1. The van der Waals surface area contributed by atoms with E-state index < -0.39 is 0 Å². The highest BCUT2D eigenvalue weighted by Gasteiger charge is 2.17. The van der Waals surface area contributed by atoms with Crippen LogP contribution in [-0.4, -0.2) is 24.2 Å². The standard InChI is InChI=1S/C10H15N3O/c1-7-2-3-9(11)10(13-7)12-6-8-4-5-14-8/h2-3,8H,4-6,11H2,1H3,(H,12,13)/t8-/m0/s1. The molecule has 0 aromatic carbocycles. The van der Waals surface area contributed by atoms with Crippen LogP contribution in [-0.2, 0) is 4.74 Å². The second-order valence-electron chi connectivity index (χ2n) is 3.55. The van der Waals surface area contributed by atoms with Gasteiger partial charge in [0.05, 0.1) is 11.8 Å². The van der Waals surface area contributed by atoms with Gasteiger partial charge in [0, 0.05) is 18.8 Å². The van der Waals surface area contributed by atoms with Crippen molar-refractivity contribution >= 4 is 11.5 Å². The molecule has 0 aliphatic carbocycles. The maximum atomic E-state index is 5.77. The Hall–Kier alpha value is -1.29. The van der Waals surface area contributed by atoms with Crippen LogP contribution in [0.5, 0.6) is 0 Å². The van der Waals surface area contributed by atoms with Crippen LogP contribution in [0, 0.1) is 6.92 Å².